The number of hydrogen-bond acceptors (Lipinski definition) is 3. The summed E-state index contributed by atoms with van der Waals surface area (Å²) in [5, 5.41) is 12.6. The van der Waals surface area contributed by atoms with E-state index in [1.54, 1.807) is 0 Å². The Hall–Kier alpha value is -0.120. The summed E-state index contributed by atoms with van der Waals surface area (Å²) in [5.74, 6) is 1.05. The molecular formula is C12H23NO2. The van der Waals surface area contributed by atoms with Crippen molar-refractivity contribution >= 4 is 0 Å². The van der Waals surface area contributed by atoms with Crippen molar-refractivity contribution in [2.24, 2.45) is 17.3 Å². The first-order chi connectivity index (χ1) is 7.07. The van der Waals surface area contributed by atoms with E-state index >= 15 is 0 Å². The highest BCUT2D eigenvalue weighted by atomic mass is 16.5. The standard InChI is InChI=1S/C12H23NO2/c1-8(7-14)6-13-10-9-4-5-15-11(9)12(10,2)3/h8-11,13-14H,4-7H2,1-3H3. The second-order valence-corrected chi connectivity index (χ2v) is 5.74. The number of aliphatic hydroxyl groups excluding tert-OH is 1. The molecular weight excluding hydrogens is 190 g/mol. The predicted molar refractivity (Wildman–Crippen MR) is 59.7 cm³/mol. The molecule has 15 heavy (non-hydrogen) atoms. The predicted octanol–water partition coefficient (Wildman–Crippen LogP) is 1.02. The molecule has 4 unspecified atom stereocenters. The minimum Gasteiger partial charge on any atom is -0.396 e. The van der Waals surface area contributed by atoms with Gasteiger partial charge in [0.2, 0.25) is 0 Å². The molecule has 1 aliphatic carbocycles. The molecule has 0 amide bonds. The van der Waals surface area contributed by atoms with Crippen molar-refractivity contribution in [2.45, 2.75) is 39.3 Å². The molecule has 1 heterocycles. The second kappa shape index (κ2) is 4.04. The maximum absolute atomic E-state index is 8.99. The van der Waals surface area contributed by atoms with Crippen LogP contribution in [-0.4, -0.2) is 37.0 Å². The van der Waals surface area contributed by atoms with Crippen LogP contribution in [0.15, 0.2) is 0 Å². The van der Waals surface area contributed by atoms with E-state index in [0.717, 1.165) is 13.2 Å². The Morgan fingerprint density at radius 2 is 2.27 bits per heavy atom. The van der Waals surface area contributed by atoms with Crippen LogP contribution in [0.5, 0.6) is 0 Å². The lowest BCUT2D eigenvalue weighted by Gasteiger charge is -2.55. The maximum atomic E-state index is 8.99. The van der Waals surface area contributed by atoms with Gasteiger partial charge in [-0.05, 0) is 12.3 Å². The molecule has 0 aromatic heterocycles. The Morgan fingerprint density at radius 1 is 1.53 bits per heavy atom. The highest BCUT2D eigenvalue weighted by Gasteiger charge is 2.58. The molecule has 0 bridgehead atoms. The van der Waals surface area contributed by atoms with Crippen LogP contribution >= 0.6 is 0 Å². The minimum absolute atomic E-state index is 0.260. The third-order valence-electron chi connectivity index (χ3n) is 4.10. The first kappa shape index (κ1) is 11.4. The van der Waals surface area contributed by atoms with E-state index in [9.17, 15) is 0 Å². The van der Waals surface area contributed by atoms with Gasteiger partial charge in [0, 0.05) is 37.1 Å². The fraction of sp³-hybridized carbons (Fsp3) is 1.00. The van der Waals surface area contributed by atoms with E-state index in [2.05, 4.69) is 26.1 Å². The van der Waals surface area contributed by atoms with Crippen molar-refractivity contribution in [2.75, 3.05) is 19.8 Å². The summed E-state index contributed by atoms with van der Waals surface area (Å²) in [6, 6.07) is 0.569. The van der Waals surface area contributed by atoms with Gasteiger partial charge in [-0.2, -0.15) is 0 Å². The third-order valence-corrected chi connectivity index (χ3v) is 4.10. The number of fused-ring (bicyclic) bond motifs is 1. The molecule has 4 atom stereocenters. The van der Waals surface area contributed by atoms with Gasteiger partial charge in [0.25, 0.3) is 0 Å². The molecule has 0 aromatic carbocycles. The zero-order valence-electron chi connectivity index (χ0n) is 9.99. The van der Waals surface area contributed by atoms with Gasteiger partial charge in [-0.15, -0.1) is 0 Å². The van der Waals surface area contributed by atoms with E-state index in [1.807, 2.05) is 0 Å². The molecule has 1 saturated heterocycles. The third kappa shape index (κ3) is 1.81. The summed E-state index contributed by atoms with van der Waals surface area (Å²) in [5.41, 5.74) is 0.260. The largest absolute Gasteiger partial charge is 0.396 e. The fourth-order valence-corrected chi connectivity index (χ4v) is 3.13. The number of rotatable bonds is 4. The van der Waals surface area contributed by atoms with Crippen LogP contribution in [0.3, 0.4) is 0 Å². The monoisotopic (exact) mass is 213 g/mol. The second-order valence-electron chi connectivity index (χ2n) is 5.74. The molecule has 88 valence electrons. The lowest BCUT2D eigenvalue weighted by molar-refractivity contribution is -0.113. The Kier molecular flexibility index (Phi) is 3.06. The molecule has 1 saturated carbocycles. The summed E-state index contributed by atoms with van der Waals surface area (Å²) in [6.45, 7) is 8.73. The van der Waals surface area contributed by atoms with E-state index in [-0.39, 0.29) is 12.0 Å². The Bertz CT molecular complexity index is 230. The van der Waals surface area contributed by atoms with Gasteiger partial charge in [-0.1, -0.05) is 20.8 Å². The molecule has 2 rings (SSSR count). The summed E-state index contributed by atoms with van der Waals surface area (Å²) in [6.07, 6.45) is 1.65. The van der Waals surface area contributed by atoms with E-state index in [1.165, 1.54) is 6.42 Å². The van der Waals surface area contributed by atoms with Crippen molar-refractivity contribution in [1.29, 1.82) is 0 Å². The van der Waals surface area contributed by atoms with E-state index < -0.39 is 0 Å². The molecule has 1 aliphatic heterocycles. The molecule has 2 aliphatic rings. The normalized spacial score (nSPS) is 39.6. The van der Waals surface area contributed by atoms with Crippen LogP contribution in [0, 0.1) is 17.3 Å². The number of ether oxygens (including phenoxy) is 1. The van der Waals surface area contributed by atoms with Crippen LogP contribution < -0.4 is 5.32 Å². The number of aliphatic hydroxyl groups is 1. The fourth-order valence-electron chi connectivity index (χ4n) is 3.13. The number of nitrogens with one attached hydrogen (secondary N) is 1. The summed E-state index contributed by atoms with van der Waals surface area (Å²) in [4.78, 5) is 0. The Balaban J connectivity index is 1.87. The van der Waals surface area contributed by atoms with Gasteiger partial charge in [0.05, 0.1) is 6.10 Å². The molecule has 0 aromatic rings. The average molecular weight is 213 g/mol. The summed E-state index contributed by atoms with van der Waals surface area (Å²) >= 11 is 0. The molecule has 3 heteroatoms. The smallest absolute Gasteiger partial charge is 0.0685 e. The van der Waals surface area contributed by atoms with Gasteiger partial charge in [-0.3, -0.25) is 0 Å². The summed E-state index contributed by atoms with van der Waals surface area (Å²) < 4.78 is 5.74. The van der Waals surface area contributed by atoms with Crippen LogP contribution in [0.25, 0.3) is 0 Å². The van der Waals surface area contributed by atoms with Crippen molar-refractivity contribution in [1.82, 2.24) is 5.32 Å². The highest BCUT2D eigenvalue weighted by molar-refractivity contribution is 5.11. The summed E-state index contributed by atoms with van der Waals surface area (Å²) in [7, 11) is 0. The Labute approximate surface area is 92.2 Å². The van der Waals surface area contributed by atoms with E-state index in [0.29, 0.717) is 24.0 Å². The van der Waals surface area contributed by atoms with Crippen molar-refractivity contribution in [3.05, 3.63) is 0 Å². The van der Waals surface area contributed by atoms with Crippen LogP contribution in [0.2, 0.25) is 0 Å². The van der Waals surface area contributed by atoms with Gasteiger partial charge in [0.15, 0.2) is 0 Å². The minimum atomic E-state index is 0.260. The molecule has 2 N–H and O–H groups in total. The van der Waals surface area contributed by atoms with Crippen LogP contribution in [0.4, 0.5) is 0 Å². The zero-order chi connectivity index (χ0) is 11.1. The van der Waals surface area contributed by atoms with Crippen molar-refractivity contribution < 1.29 is 9.84 Å². The molecule has 0 radical (unpaired) electrons. The van der Waals surface area contributed by atoms with E-state index in [4.69, 9.17) is 9.84 Å². The van der Waals surface area contributed by atoms with Gasteiger partial charge >= 0.3 is 0 Å². The first-order valence-electron chi connectivity index (χ1n) is 6.03. The van der Waals surface area contributed by atoms with Gasteiger partial charge in [-0.25, -0.2) is 0 Å². The van der Waals surface area contributed by atoms with Gasteiger partial charge in [0.1, 0.15) is 0 Å². The van der Waals surface area contributed by atoms with Crippen molar-refractivity contribution in [3.63, 3.8) is 0 Å². The lowest BCUT2D eigenvalue weighted by atomic mass is 9.57. The molecule has 3 nitrogen and oxygen atoms in total. The molecule has 0 spiro atoms. The quantitative estimate of drug-likeness (QED) is 0.732. The van der Waals surface area contributed by atoms with Gasteiger partial charge < -0.3 is 15.2 Å². The highest BCUT2D eigenvalue weighted by Crippen LogP contribution is 2.52. The Morgan fingerprint density at radius 3 is 2.93 bits per heavy atom. The number of hydrogen-bond donors (Lipinski definition) is 2. The maximum Gasteiger partial charge on any atom is 0.0685 e. The SMILES string of the molecule is CC(CO)CNC1C2CCOC2C1(C)C. The van der Waals surface area contributed by atoms with Crippen LogP contribution in [0.1, 0.15) is 27.2 Å². The topological polar surface area (TPSA) is 41.5 Å². The lowest BCUT2D eigenvalue weighted by Crippen LogP contribution is -2.66. The molecule has 2 fully saturated rings. The first-order valence-corrected chi connectivity index (χ1v) is 6.03. The zero-order valence-corrected chi connectivity index (χ0v) is 9.99. The average Bonchev–Trinajstić information content (AvgIpc) is 2.63. The van der Waals surface area contributed by atoms with Crippen LogP contribution in [-0.2, 0) is 4.74 Å². The van der Waals surface area contributed by atoms with Crippen molar-refractivity contribution in [3.8, 4) is 0 Å².